The van der Waals surface area contributed by atoms with E-state index in [1.807, 2.05) is 0 Å². The molecule has 0 spiro atoms. The molecule has 0 bridgehead atoms. The SMILES string of the molecule is COc1cc(NS(=O)(=O)c2ccc(NC(=S)NCC3CCCO3)cc2)nc(OC)n1. The number of hydrogen-bond acceptors (Lipinski definition) is 8. The molecule has 2 heterocycles. The van der Waals surface area contributed by atoms with Gasteiger partial charge < -0.3 is 24.8 Å². The molecule has 162 valence electrons. The van der Waals surface area contributed by atoms with E-state index >= 15 is 0 Å². The van der Waals surface area contributed by atoms with Gasteiger partial charge in [0.1, 0.15) is 0 Å². The van der Waals surface area contributed by atoms with E-state index in [1.54, 1.807) is 12.1 Å². The Balaban J connectivity index is 1.62. The zero-order chi connectivity index (χ0) is 21.6. The van der Waals surface area contributed by atoms with E-state index in [4.69, 9.17) is 26.4 Å². The maximum Gasteiger partial charge on any atom is 0.321 e. The summed E-state index contributed by atoms with van der Waals surface area (Å²) in [6, 6.07) is 7.50. The van der Waals surface area contributed by atoms with Crippen molar-refractivity contribution in [2.45, 2.75) is 23.8 Å². The van der Waals surface area contributed by atoms with Crippen LogP contribution in [0.25, 0.3) is 0 Å². The molecule has 1 saturated heterocycles. The van der Waals surface area contributed by atoms with Crippen LogP contribution in [0.2, 0.25) is 0 Å². The minimum Gasteiger partial charge on any atom is -0.481 e. The van der Waals surface area contributed by atoms with Crippen LogP contribution in [0.1, 0.15) is 12.8 Å². The highest BCUT2D eigenvalue weighted by Gasteiger charge is 2.18. The van der Waals surface area contributed by atoms with E-state index in [0.717, 1.165) is 19.4 Å². The highest BCUT2D eigenvalue weighted by atomic mass is 32.2. The van der Waals surface area contributed by atoms with Crippen LogP contribution in [0, 0.1) is 0 Å². The molecule has 1 aliphatic heterocycles. The van der Waals surface area contributed by atoms with E-state index in [0.29, 0.717) is 17.3 Å². The van der Waals surface area contributed by atoms with Crippen molar-refractivity contribution >= 4 is 38.9 Å². The maximum absolute atomic E-state index is 12.7. The summed E-state index contributed by atoms with van der Waals surface area (Å²) < 4.78 is 43.2. The first kappa shape index (κ1) is 22.0. The number of ether oxygens (including phenoxy) is 3. The topological polar surface area (TPSA) is 124 Å². The Bertz CT molecular complexity index is 957. The van der Waals surface area contributed by atoms with Crippen molar-refractivity contribution in [3.05, 3.63) is 30.3 Å². The number of anilines is 2. The first-order valence-corrected chi connectivity index (χ1v) is 11.0. The van der Waals surface area contributed by atoms with E-state index in [1.165, 1.54) is 32.4 Å². The first-order valence-electron chi connectivity index (χ1n) is 9.16. The summed E-state index contributed by atoms with van der Waals surface area (Å²) >= 11 is 5.26. The average Bonchev–Trinajstić information content (AvgIpc) is 3.25. The van der Waals surface area contributed by atoms with Crippen LogP contribution in [0.4, 0.5) is 11.5 Å². The summed E-state index contributed by atoms with van der Waals surface area (Å²) in [6.07, 6.45) is 2.24. The molecule has 1 unspecified atom stereocenters. The quantitative estimate of drug-likeness (QED) is 0.509. The molecule has 1 fully saturated rings. The van der Waals surface area contributed by atoms with Crippen LogP contribution in [-0.2, 0) is 14.8 Å². The summed E-state index contributed by atoms with van der Waals surface area (Å²) in [6.45, 7) is 1.42. The third-order valence-corrected chi connectivity index (χ3v) is 5.87. The molecule has 0 radical (unpaired) electrons. The molecular weight excluding hydrogens is 430 g/mol. The van der Waals surface area contributed by atoms with Crippen LogP contribution in [-0.4, -0.2) is 57.0 Å². The molecule has 0 aliphatic carbocycles. The fraction of sp³-hybridized carbons (Fsp3) is 0.389. The monoisotopic (exact) mass is 453 g/mol. The van der Waals surface area contributed by atoms with Gasteiger partial charge in [0.15, 0.2) is 10.9 Å². The molecular formula is C18H23N5O5S2. The van der Waals surface area contributed by atoms with Gasteiger partial charge in [-0.15, -0.1) is 0 Å². The Labute approximate surface area is 180 Å². The number of sulfonamides is 1. The standard InChI is InChI=1S/C18H23N5O5S2/c1-26-16-10-15(21-17(22-16)27-2)23-30(24,25)14-7-5-12(6-8-14)20-18(29)19-11-13-4-3-9-28-13/h5-8,10,13H,3-4,9,11H2,1-2H3,(H2,19,20,29)(H,21,22,23). The number of benzene rings is 1. The summed E-state index contributed by atoms with van der Waals surface area (Å²) in [4.78, 5) is 7.95. The summed E-state index contributed by atoms with van der Waals surface area (Å²) in [7, 11) is -1.09. The van der Waals surface area contributed by atoms with Crippen molar-refractivity contribution in [3.8, 4) is 11.9 Å². The van der Waals surface area contributed by atoms with Gasteiger partial charge in [0.25, 0.3) is 10.0 Å². The Hall–Kier alpha value is -2.70. The van der Waals surface area contributed by atoms with Gasteiger partial charge in [-0.3, -0.25) is 4.72 Å². The second kappa shape index (κ2) is 9.87. The van der Waals surface area contributed by atoms with Crippen LogP contribution in [0.3, 0.4) is 0 Å². The fourth-order valence-corrected chi connectivity index (χ4v) is 3.95. The third kappa shape index (κ3) is 5.90. The Morgan fingerprint density at radius 3 is 2.63 bits per heavy atom. The zero-order valence-electron chi connectivity index (χ0n) is 16.5. The minimum absolute atomic E-state index is 0.0179. The van der Waals surface area contributed by atoms with E-state index in [2.05, 4.69) is 25.3 Å². The van der Waals surface area contributed by atoms with Crippen molar-refractivity contribution in [1.82, 2.24) is 15.3 Å². The van der Waals surface area contributed by atoms with Crippen molar-refractivity contribution in [2.75, 3.05) is 37.4 Å². The molecule has 0 amide bonds. The smallest absolute Gasteiger partial charge is 0.321 e. The number of nitrogens with one attached hydrogen (secondary N) is 3. The van der Waals surface area contributed by atoms with Crippen molar-refractivity contribution < 1.29 is 22.6 Å². The molecule has 1 aliphatic rings. The Kier molecular flexibility index (Phi) is 7.24. The summed E-state index contributed by atoms with van der Waals surface area (Å²) in [5, 5.41) is 6.56. The van der Waals surface area contributed by atoms with Crippen molar-refractivity contribution in [3.63, 3.8) is 0 Å². The van der Waals surface area contributed by atoms with Crippen LogP contribution in [0.5, 0.6) is 11.9 Å². The highest BCUT2D eigenvalue weighted by Crippen LogP contribution is 2.21. The fourth-order valence-electron chi connectivity index (χ4n) is 2.75. The van der Waals surface area contributed by atoms with Crippen molar-refractivity contribution in [1.29, 1.82) is 0 Å². The Morgan fingerprint density at radius 2 is 2.00 bits per heavy atom. The van der Waals surface area contributed by atoms with Gasteiger partial charge in [-0.2, -0.15) is 9.97 Å². The van der Waals surface area contributed by atoms with E-state index in [-0.39, 0.29) is 28.7 Å². The van der Waals surface area contributed by atoms with Gasteiger partial charge in [-0.05, 0) is 49.3 Å². The molecule has 1 atom stereocenters. The van der Waals surface area contributed by atoms with Gasteiger partial charge in [-0.1, -0.05) is 0 Å². The molecule has 2 aromatic rings. The lowest BCUT2D eigenvalue weighted by Crippen LogP contribution is -2.34. The number of thiocarbonyl (C=S) groups is 1. The number of hydrogen-bond donors (Lipinski definition) is 3. The molecule has 30 heavy (non-hydrogen) atoms. The first-order chi connectivity index (χ1) is 14.4. The van der Waals surface area contributed by atoms with Gasteiger partial charge in [0, 0.05) is 24.9 Å². The third-order valence-electron chi connectivity index (χ3n) is 4.25. The second-order valence-electron chi connectivity index (χ2n) is 6.38. The van der Waals surface area contributed by atoms with E-state index in [9.17, 15) is 8.42 Å². The summed E-state index contributed by atoms with van der Waals surface area (Å²) in [5.41, 5.74) is 0.657. The molecule has 3 rings (SSSR count). The lowest BCUT2D eigenvalue weighted by molar-refractivity contribution is 0.114. The van der Waals surface area contributed by atoms with Crippen molar-refractivity contribution in [2.24, 2.45) is 0 Å². The lowest BCUT2D eigenvalue weighted by Gasteiger charge is -2.14. The van der Waals surface area contributed by atoms with Gasteiger partial charge >= 0.3 is 6.01 Å². The molecule has 0 saturated carbocycles. The largest absolute Gasteiger partial charge is 0.481 e. The molecule has 1 aromatic carbocycles. The Morgan fingerprint density at radius 1 is 1.23 bits per heavy atom. The molecule has 1 aromatic heterocycles. The number of methoxy groups -OCH3 is 2. The number of aromatic nitrogens is 2. The molecule has 10 nitrogen and oxygen atoms in total. The lowest BCUT2D eigenvalue weighted by atomic mass is 10.2. The maximum atomic E-state index is 12.7. The minimum atomic E-state index is -3.87. The highest BCUT2D eigenvalue weighted by molar-refractivity contribution is 7.92. The predicted octanol–water partition coefficient (Wildman–Crippen LogP) is 1.76. The average molecular weight is 454 g/mol. The normalized spacial score (nSPS) is 16.0. The van der Waals surface area contributed by atoms with Crippen LogP contribution in [0.15, 0.2) is 35.2 Å². The van der Waals surface area contributed by atoms with E-state index < -0.39 is 10.0 Å². The zero-order valence-corrected chi connectivity index (χ0v) is 18.2. The summed E-state index contributed by atoms with van der Waals surface area (Å²) in [5.74, 6) is 0.198. The van der Waals surface area contributed by atoms with Crippen LogP contribution < -0.4 is 24.8 Å². The van der Waals surface area contributed by atoms with Gasteiger partial charge in [0.05, 0.1) is 25.2 Å². The molecule has 3 N–H and O–H groups in total. The second-order valence-corrected chi connectivity index (χ2v) is 8.47. The van der Waals surface area contributed by atoms with Gasteiger partial charge in [-0.25, -0.2) is 8.42 Å². The number of rotatable bonds is 8. The predicted molar refractivity (Wildman–Crippen MR) is 116 cm³/mol. The van der Waals surface area contributed by atoms with Crippen LogP contribution >= 0.6 is 12.2 Å². The number of nitrogens with zero attached hydrogens (tertiary/aromatic N) is 2. The van der Waals surface area contributed by atoms with Gasteiger partial charge in [0.2, 0.25) is 5.88 Å². The molecule has 12 heteroatoms.